The Morgan fingerprint density at radius 3 is 2.95 bits per heavy atom. The van der Waals surface area contributed by atoms with Crippen LogP contribution in [-0.2, 0) is 9.53 Å². The first-order valence-electron chi connectivity index (χ1n) is 7.59. The molecule has 1 unspecified atom stereocenters. The number of nitrogens with zero attached hydrogens (tertiary/aromatic N) is 1. The van der Waals surface area contributed by atoms with Crippen LogP contribution in [0.1, 0.15) is 25.3 Å². The van der Waals surface area contributed by atoms with E-state index in [0.717, 1.165) is 43.8 Å². The molecule has 116 valence electrons. The van der Waals surface area contributed by atoms with E-state index in [4.69, 9.17) is 10.5 Å². The molecule has 0 aliphatic carbocycles. The number of aryl methyl sites for hydroxylation is 1. The number of nitrogens with two attached hydrogens (primary N) is 1. The summed E-state index contributed by atoms with van der Waals surface area (Å²) in [6.45, 7) is 6.85. The minimum Gasteiger partial charge on any atom is -0.397 e. The zero-order chi connectivity index (χ0) is 15.2. The third kappa shape index (κ3) is 4.44. The number of nitrogen functional groups attached to an aromatic ring is 1. The highest BCUT2D eigenvalue weighted by atomic mass is 16.5. The second-order valence-corrected chi connectivity index (χ2v) is 5.55. The van der Waals surface area contributed by atoms with Gasteiger partial charge in [0.2, 0.25) is 5.91 Å². The molecule has 1 aromatic carbocycles. The lowest BCUT2D eigenvalue weighted by Crippen LogP contribution is -2.38. The first kappa shape index (κ1) is 15.8. The van der Waals surface area contributed by atoms with Crippen LogP contribution in [0.4, 0.5) is 11.4 Å². The van der Waals surface area contributed by atoms with Gasteiger partial charge in [0.1, 0.15) is 0 Å². The molecule has 1 amide bonds. The highest BCUT2D eigenvalue weighted by Crippen LogP contribution is 2.22. The molecule has 0 radical (unpaired) electrons. The highest BCUT2D eigenvalue weighted by molar-refractivity contribution is 5.96. The van der Waals surface area contributed by atoms with Crippen LogP contribution in [0.25, 0.3) is 0 Å². The summed E-state index contributed by atoms with van der Waals surface area (Å²) in [5, 5.41) is 2.92. The minimum atomic E-state index is -0.0316. The zero-order valence-corrected chi connectivity index (χ0v) is 12.9. The van der Waals surface area contributed by atoms with Crippen LogP contribution in [-0.4, -0.2) is 43.2 Å². The van der Waals surface area contributed by atoms with Crippen LogP contribution in [0.2, 0.25) is 0 Å². The van der Waals surface area contributed by atoms with Crippen LogP contribution >= 0.6 is 0 Å². The normalized spacial score (nSPS) is 18.1. The fourth-order valence-corrected chi connectivity index (χ4v) is 2.63. The summed E-state index contributed by atoms with van der Waals surface area (Å²) in [6.07, 6.45) is 2.47. The largest absolute Gasteiger partial charge is 0.397 e. The van der Waals surface area contributed by atoms with Crippen molar-refractivity contribution in [3.05, 3.63) is 23.8 Å². The van der Waals surface area contributed by atoms with Gasteiger partial charge in [-0.05, 0) is 37.9 Å². The highest BCUT2D eigenvalue weighted by Gasteiger charge is 2.20. The molecule has 1 fully saturated rings. The van der Waals surface area contributed by atoms with Gasteiger partial charge in [-0.25, -0.2) is 0 Å². The molecule has 2 rings (SSSR count). The molecule has 5 heteroatoms. The van der Waals surface area contributed by atoms with Crippen molar-refractivity contribution < 1.29 is 9.53 Å². The van der Waals surface area contributed by atoms with Gasteiger partial charge in [0, 0.05) is 13.2 Å². The second-order valence-electron chi connectivity index (χ2n) is 5.55. The van der Waals surface area contributed by atoms with E-state index in [1.807, 2.05) is 19.1 Å². The van der Waals surface area contributed by atoms with Crippen LogP contribution in [0.15, 0.2) is 18.2 Å². The van der Waals surface area contributed by atoms with Gasteiger partial charge in [0.05, 0.1) is 24.0 Å². The molecule has 1 heterocycles. The summed E-state index contributed by atoms with van der Waals surface area (Å²) >= 11 is 0. The third-order valence-corrected chi connectivity index (χ3v) is 3.87. The molecule has 1 aliphatic heterocycles. The molecule has 5 nitrogen and oxygen atoms in total. The number of anilines is 2. The van der Waals surface area contributed by atoms with Crippen molar-refractivity contribution in [1.82, 2.24) is 4.90 Å². The SMILES string of the molecule is CCN(CC(=O)Nc1c(C)cccc1N)CC1CCCO1. The average Bonchev–Trinajstić information content (AvgIpc) is 2.95. The van der Waals surface area contributed by atoms with Crippen LogP contribution in [0, 0.1) is 6.92 Å². The van der Waals surface area contributed by atoms with E-state index < -0.39 is 0 Å². The number of rotatable bonds is 6. The number of hydrogen-bond donors (Lipinski definition) is 2. The number of carbonyl (C=O) groups is 1. The lowest BCUT2D eigenvalue weighted by molar-refractivity contribution is -0.117. The minimum absolute atomic E-state index is 0.0316. The van der Waals surface area contributed by atoms with E-state index in [1.165, 1.54) is 0 Å². The van der Waals surface area contributed by atoms with Gasteiger partial charge < -0.3 is 15.8 Å². The maximum atomic E-state index is 12.2. The Morgan fingerprint density at radius 2 is 2.33 bits per heavy atom. The quantitative estimate of drug-likeness (QED) is 0.787. The predicted molar refractivity (Wildman–Crippen MR) is 85.3 cm³/mol. The molecule has 0 bridgehead atoms. The predicted octanol–water partition coefficient (Wildman–Crippen LogP) is 2.02. The summed E-state index contributed by atoms with van der Waals surface area (Å²) in [4.78, 5) is 14.3. The Bertz CT molecular complexity index is 464. The van der Waals surface area contributed by atoms with Crippen molar-refractivity contribution in [2.45, 2.75) is 32.8 Å². The number of amides is 1. The standard InChI is InChI=1S/C16H25N3O2/c1-3-19(10-13-7-5-9-21-13)11-15(20)18-16-12(2)6-4-8-14(16)17/h4,6,8,13H,3,5,7,9-11,17H2,1-2H3,(H,18,20). The Balaban J connectivity index is 1.90. The van der Waals surface area contributed by atoms with E-state index in [0.29, 0.717) is 12.2 Å². The zero-order valence-electron chi connectivity index (χ0n) is 12.9. The fraction of sp³-hybridized carbons (Fsp3) is 0.562. The van der Waals surface area contributed by atoms with E-state index >= 15 is 0 Å². The Hall–Kier alpha value is -1.59. The number of hydrogen-bond acceptors (Lipinski definition) is 4. The molecule has 1 saturated heterocycles. The summed E-state index contributed by atoms with van der Waals surface area (Å²) in [6, 6.07) is 5.62. The van der Waals surface area contributed by atoms with Crippen molar-refractivity contribution in [1.29, 1.82) is 0 Å². The van der Waals surface area contributed by atoms with Crippen molar-refractivity contribution in [3.63, 3.8) is 0 Å². The molecule has 0 aromatic heterocycles. The van der Waals surface area contributed by atoms with Gasteiger partial charge in [-0.1, -0.05) is 19.1 Å². The van der Waals surface area contributed by atoms with Crippen LogP contribution in [0.3, 0.4) is 0 Å². The maximum Gasteiger partial charge on any atom is 0.238 e. The van der Waals surface area contributed by atoms with Gasteiger partial charge >= 0.3 is 0 Å². The molecular formula is C16H25N3O2. The van der Waals surface area contributed by atoms with E-state index in [2.05, 4.69) is 17.1 Å². The van der Waals surface area contributed by atoms with Crippen LogP contribution in [0.5, 0.6) is 0 Å². The van der Waals surface area contributed by atoms with Crippen molar-refractivity contribution in [3.8, 4) is 0 Å². The smallest absolute Gasteiger partial charge is 0.238 e. The number of carbonyl (C=O) groups excluding carboxylic acids is 1. The van der Waals surface area contributed by atoms with Gasteiger partial charge in [-0.3, -0.25) is 9.69 Å². The Kier molecular flexibility index (Phi) is 5.59. The van der Waals surface area contributed by atoms with Gasteiger partial charge in [0.25, 0.3) is 0 Å². The van der Waals surface area contributed by atoms with Gasteiger partial charge in [-0.2, -0.15) is 0 Å². The third-order valence-electron chi connectivity index (χ3n) is 3.87. The molecule has 1 atom stereocenters. The maximum absolute atomic E-state index is 12.2. The molecule has 21 heavy (non-hydrogen) atoms. The summed E-state index contributed by atoms with van der Waals surface area (Å²) in [5.41, 5.74) is 8.21. The monoisotopic (exact) mass is 291 g/mol. The summed E-state index contributed by atoms with van der Waals surface area (Å²) in [5.74, 6) is -0.0316. The Labute approximate surface area is 126 Å². The number of likely N-dealkylation sites (N-methyl/N-ethyl adjacent to an activating group) is 1. The molecule has 1 aromatic rings. The van der Waals surface area contributed by atoms with E-state index in [1.54, 1.807) is 6.07 Å². The number of ether oxygens (including phenoxy) is 1. The summed E-state index contributed by atoms with van der Waals surface area (Å²) in [7, 11) is 0. The fourth-order valence-electron chi connectivity index (χ4n) is 2.63. The van der Waals surface area contributed by atoms with Crippen molar-refractivity contribution in [2.24, 2.45) is 0 Å². The molecular weight excluding hydrogens is 266 g/mol. The lowest BCUT2D eigenvalue weighted by Gasteiger charge is -2.23. The molecule has 3 N–H and O–H groups in total. The number of benzene rings is 1. The first-order chi connectivity index (χ1) is 10.1. The Morgan fingerprint density at radius 1 is 1.52 bits per heavy atom. The lowest BCUT2D eigenvalue weighted by atomic mass is 10.1. The number of para-hydroxylation sites is 1. The average molecular weight is 291 g/mol. The van der Waals surface area contributed by atoms with Crippen molar-refractivity contribution in [2.75, 3.05) is 37.3 Å². The first-order valence-corrected chi connectivity index (χ1v) is 7.59. The van der Waals surface area contributed by atoms with Crippen LogP contribution < -0.4 is 11.1 Å². The second kappa shape index (κ2) is 7.43. The molecule has 0 saturated carbocycles. The molecule has 0 spiro atoms. The molecule has 1 aliphatic rings. The topological polar surface area (TPSA) is 67.6 Å². The van der Waals surface area contributed by atoms with E-state index in [-0.39, 0.29) is 12.0 Å². The van der Waals surface area contributed by atoms with Gasteiger partial charge in [0.15, 0.2) is 0 Å². The summed E-state index contributed by atoms with van der Waals surface area (Å²) < 4.78 is 5.63. The van der Waals surface area contributed by atoms with E-state index in [9.17, 15) is 4.79 Å². The van der Waals surface area contributed by atoms with Crippen molar-refractivity contribution >= 4 is 17.3 Å². The number of nitrogens with one attached hydrogen (secondary N) is 1. The van der Waals surface area contributed by atoms with Gasteiger partial charge in [-0.15, -0.1) is 0 Å².